The van der Waals surface area contributed by atoms with Crippen molar-refractivity contribution in [3.05, 3.63) is 41.8 Å². The molecule has 35 heavy (non-hydrogen) atoms. The van der Waals surface area contributed by atoms with Crippen LogP contribution in [0.5, 0.6) is 5.75 Å². The van der Waals surface area contributed by atoms with Crippen molar-refractivity contribution in [3.63, 3.8) is 0 Å². The smallest absolute Gasteiger partial charge is 0.410 e. The van der Waals surface area contributed by atoms with E-state index in [0.29, 0.717) is 12.0 Å². The van der Waals surface area contributed by atoms with E-state index in [1.165, 1.54) is 30.5 Å². The summed E-state index contributed by atoms with van der Waals surface area (Å²) in [4.78, 5) is 27.6. The van der Waals surface area contributed by atoms with E-state index in [-0.39, 0.29) is 22.8 Å². The molecule has 2 rings (SSSR count). The van der Waals surface area contributed by atoms with Gasteiger partial charge in [-0.1, -0.05) is 19.9 Å². The fraction of sp³-hybridized carbons (Fsp3) is 0.440. The van der Waals surface area contributed by atoms with E-state index in [9.17, 15) is 19.2 Å². The number of nitrogens with zero attached hydrogens (tertiary/aromatic N) is 2. The molecule has 2 aromatic rings. The molecule has 2 unspecified atom stereocenters. The van der Waals surface area contributed by atoms with Crippen molar-refractivity contribution >= 4 is 17.9 Å². The van der Waals surface area contributed by atoms with Crippen molar-refractivity contribution in [2.45, 2.75) is 59.8 Å². The molecular weight excluding hydrogens is 455 g/mol. The van der Waals surface area contributed by atoms with Crippen molar-refractivity contribution in [2.75, 3.05) is 5.32 Å². The molecule has 0 aliphatic heterocycles. The molecule has 9 nitrogen and oxygen atoms in total. The first-order chi connectivity index (χ1) is 16.2. The highest BCUT2D eigenvalue weighted by molar-refractivity contribution is 5.83. The quantitative estimate of drug-likeness (QED) is 0.352. The number of carboxylic acid groups (broad SMARTS) is 1. The highest BCUT2D eigenvalue weighted by atomic mass is 19.1. The molecule has 0 radical (unpaired) electrons. The topological polar surface area (TPSA) is 148 Å². The molecule has 4 N–H and O–H groups in total. The number of nitriles is 1. The summed E-state index contributed by atoms with van der Waals surface area (Å²) in [6.45, 7) is 10.8. The number of benzene rings is 1. The Hall–Kier alpha value is -3.71. The van der Waals surface area contributed by atoms with Crippen molar-refractivity contribution in [3.8, 4) is 22.9 Å². The molecule has 1 heterocycles. The predicted octanol–water partition coefficient (Wildman–Crippen LogP) is 4.91. The van der Waals surface area contributed by atoms with Crippen LogP contribution in [0.15, 0.2) is 30.5 Å². The number of anilines is 1. The molecule has 188 valence electrons. The minimum atomic E-state index is -1.46. The number of aromatic nitrogens is 1. The van der Waals surface area contributed by atoms with E-state index in [0.717, 1.165) is 0 Å². The van der Waals surface area contributed by atoms with Gasteiger partial charge in [-0.25, -0.2) is 14.2 Å². The summed E-state index contributed by atoms with van der Waals surface area (Å²) in [6.07, 6.45) is -0.973. The number of carbonyl (C=O) groups excluding carboxylic acids is 1. The van der Waals surface area contributed by atoms with Gasteiger partial charge in [-0.2, -0.15) is 5.26 Å². The molecular formula is C25H31FN4O5. The van der Waals surface area contributed by atoms with Gasteiger partial charge < -0.3 is 14.6 Å². The standard InChI is InChI=1S/C25H31FN4O5/c1-14(2)12-25(6,22(31)35-24(3,4)5)21(28)34-18-8-7-15(11-16(18)13-27)17-9-10-29-20(19(17)26)30-23(32)33/h7-11,14,21H,12,28H2,1-6H3,(H,29,30)(H,32,33). The number of rotatable bonds is 8. The number of pyridine rings is 1. The zero-order valence-electron chi connectivity index (χ0n) is 20.7. The fourth-order valence-corrected chi connectivity index (χ4v) is 3.57. The van der Waals surface area contributed by atoms with Crippen LogP contribution in [0.1, 0.15) is 53.5 Å². The van der Waals surface area contributed by atoms with Crippen LogP contribution in [0.25, 0.3) is 11.1 Å². The Morgan fingerprint density at radius 1 is 1.26 bits per heavy atom. The predicted molar refractivity (Wildman–Crippen MR) is 128 cm³/mol. The second-order valence-electron chi connectivity index (χ2n) is 9.83. The first kappa shape index (κ1) is 27.5. The zero-order valence-corrected chi connectivity index (χ0v) is 20.7. The third-order valence-corrected chi connectivity index (χ3v) is 5.10. The van der Waals surface area contributed by atoms with Gasteiger partial charge in [0.2, 0.25) is 0 Å². The van der Waals surface area contributed by atoms with E-state index in [4.69, 9.17) is 20.3 Å². The minimum Gasteiger partial charge on any atom is -0.473 e. The molecule has 1 amide bonds. The van der Waals surface area contributed by atoms with Crippen LogP contribution >= 0.6 is 0 Å². The van der Waals surface area contributed by atoms with Crippen molar-refractivity contribution in [2.24, 2.45) is 17.1 Å². The summed E-state index contributed by atoms with van der Waals surface area (Å²) in [5, 5.41) is 20.4. The summed E-state index contributed by atoms with van der Waals surface area (Å²) in [5.41, 5.74) is 4.81. The molecule has 0 saturated carbocycles. The summed E-state index contributed by atoms with van der Waals surface area (Å²) in [6, 6.07) is 7.68. The van der Waals surface area contributed by atoms with Crippen LogP contribution in [0.2, 0.25) is 0 Å². The average molecular weight is 487 g/mol. The van der Waals surface area contributed by atoms with Crippen LogP contribution in [-0.4, -0.2) is 34.0 Å². The molecule has 2 atom stereocenters. The van der Waals surface area contributed by atoms with Crippen LogP contribution < -0.4 is 15.8 Å². The monoisotopic (exact) mass is 486 g/mol. The van der Waals surface area contributed by atoms with Gasteiger partial charge in [0.15, 0.2) is 17.9 Å². The second-order valence-corrected chi connectivity index (χ2v) is 9.83. The number of ether oxygens (including phenoxy) is 2. The molecule has 0 bridgehead atoms. The van der Waals surface area contributed by atoms with E-state index in [1.807, 2.05) is 25.2 Å². The molecule has 0 saturated heterocycles. The summed E-state index contributed by atoms with van der Waals surface area (Å²) < 4.78 is 26.3. The number of carbonyl (C=O) groups is 2. The van der Waals surface area contributed by atoms with Crippen LogP contribution in [0.3, 0.4) is 0 Å². The first-order valence-electron chi connectivity index (χ1n) is 11.0. The van der Waals surface area contributed by atoms with E-state index < -0.39 is 40.9 Å². The van der Waals surface area contributed by atoms with E-state index in [1.54, 1.807) is 27.7 Å². The van der Waals surface area contributed by atoms with Crippen molar-refractivity contribution in [1.29, 1.82) is 5.26 Å². The number of hydrogen-bond donors (Lipinski definition) is 3. The Kier molecular flexibility index (Phi) is 8.41. The fourth-order valence-electron chi connectivity index (χ4n) is 3.57. The maximum absolute atomic E-state index is 14.8. The Bertz CT molecular complexity index is 1140. The molecule has 10 heteroatoms. The number of esters is 1. The third-order valence-electron chi connectivity index (χ3n) is 5.10. The third kappa shape index (κ3) is 6.90. The number of amides is 1. The number of halogens is 1. The maximum atomic E-state index is 14.8. The molecule has 1 aromatic heterocycles. The lowest BCUT2D eigenvalue weighted by atomic mass is 9.80. The number of nitrogens with one attached hydrogen (secondary N) is 1. The summed E-state index contributed by atoms with van der Waals surface area (Å²) in [7, 11) is 0. The minimum absolute atomic E-state index is 0.0366. The number of nitrogens with two attached hydrogens (primary N) is 1. The second kappa shape index (κ2) is 10.7. The van der Waals surface area contributed by atoms with Gasteiger partial charge in [-0.15, -0.1) is 0 Å². The van der Waals surface area contributed by atoms with E-state index >= 15 is 0 Å². The lowest BCUT2D eigenvalue weighted by Crippen LogP contribution is -2.52. The van der Waals surface area contributed by atoms with Crippen LogP contribution in [0.4, 0.5) is 15.0 Å². The molecule has 0 aliphatic carbocycles. The zero-order chi connectivity index (χ0) is 26.6. The van der Waals surface area contributed by atoms with E-state index in [2.05, 4.69) is 4.98 Å². The lowest BCUT2D eigenvalue weighted by molar-refractivity contribution is -0.174. The summed E-state index contributed by atoms with van der Waals surface area (Å²) in [5.74, 6) is -1.65. The Morgan fingerprint density at radius 3 is 2.46 bits per heavy atom. The molecule has 0 spiro atoms. The van der Waals surface area contributed by atoms with Gasteiger partial charge in [0.25, 0.3) is 0 Å². The highest BCUT2D eigenvalue weighted by Crippen LogP contribution is 2.36. The van der Waals surface area contributed by atoms with Gasteiger partial charge in [-0.05, 0) is 63.8 Å². The molecule has 0 aliphatic rings. The van der Waals surface area contributed by atoms with Gasteiger partial charge in [0, 0.05) is 11.8 Å². The Balaban J connectivity index is 2.41. The van der Waals surface area contributed by atoms with Gasteiger partial charge in [-0.3, -0.25) is 15.8 Å². The van der Waals surface area contributed by atoms with Crippen molar-refractivity contribution in [1.82, 2.24) is 4.98 Å². The Morgan fingerprint density at radius 2 is 1.91 bits per heavy atom. The van der Waals surface area contributed by atoms with Gasteiger partial charge in [0.1, 0.15) is 22.8 Å². The average Bonchev–Trinajstić information content (AvgIpc) is 2.73. The molecule has 1 aromatic carbocycles. The normalized spacial score (nSPS) is 13.9. The Labute approximate surface area is 204 Å². The molecule has 0 fully saturated rings. The number of hydrogen-bond acceptors (Lipinski definition) is 7. The van der Waals surface area contributed by atoms with Gasteiger partial charge >= 0.3 is 12.1 Å². The lowest BCUT2D eigenvalue weighted by Gasteiger charge is -2.36. The first-order valence-corrected chi connectivity index (χ1v) is 11.0. The van der Waals surface area contributed by atoms with Gasteiger partial charge in [0.05, 0.1) is 5.56 Å². The SMILES string of the molecule is CC(C)CC(C)(C(=O)OC(C)(C)C)C(N)Oc1ccc(-c2ccnc(NC(=O)O)c2F)cc1C#N. The maximum Gasteiger partial charge on any atom is 0.410 e. The highest BCUT2D eigenvalue weighted by Gasteiger charge is 2.45. The van der Waals surface area contributed by atoms with Crippen LogP contribution in [-0.2, 0) is 9.53 Å². The van der Waals surface area contributed by atoms with Crippen molar-refractivity contribution < 1.29 is 28.6 Å². The summed E-state index contributed by atoms with van der Waals surface area (Å²) >= 11 is 0. The largest absolute Gasteiger partial charge is 0.473 e. The van der Waals surface area contributed by atoms with Crippen LogP contribution in [0, 0.1) is 28.5 Å².